The Bertz CT molecular complexity index is 847. The fraction of sp³-hybridized carbons (Fsp3) is 0.353. The average Bonchev–Trinajstić information content (AvgIpc) is 2.66. The minimum atomic E-state index is -4.50. The first-order chi connectivity index (χ1) is 12.3. The minimum Gasteiger partial charge on any atom is -0.468 e. The average molecular weight is 380 g/mol. The number of sulfonamides is 1. The first kappa shape index (κ1) is 19.8. The third kappa shape index (κ3) is 3.68. The van der Waals surface area contributed by atoms with E-state index >= 15 is 0 Å². The van der Waals surface area contributed by atoms with Gasteiger partial charge < -0.3 is 4.74 Å². The van der Waals surface area contributed by atoms with Crippen LogP contribution in [0.3, 0.4) is 0 Å². The van der Waals surface area contributed by atoms with Crippen molar-refractivity contribution < 1.29 is 22.9 Å². The van der Waals surface area contributed by atoms with Crippen LogP contribution in [0.4, 0.5) is 0 Å². The van der Waals surface area contributed by atoms with Crippen LogP contribution in [0.25, 0.3) is 5.57 Å². The van der Waals surface area contributed by atoms with Crippen molar-refractivity contribution in [2.75, 3.05) is 7.11 Å². The van der Waals surface area contributed by atoms with Crippen LogP contribution < -0.4 is 4.72 Å². The predicted octanol–water partition coefficient (Wildman–Crippen LogP) is 1.87. The Labute approximate surface area is 151 Å². The number of nitro groups is 1. The van der Waals surface area contributed by atoms with E-state index in [2.05, 4.69) is 9.46 Å². The first-order valence-electron chi connectivity index (χ1n) is 7.96. The highest BCUT2D eigenvalue weighted by Gasteiger charge is 2.55. The van der Waals surface area contributed by atoms with E-state index in [0.717, 1.165) is 18.7 Å². The Balaban J connectivity index is 2.35. The lowest BCUT2D eigenvalue weighted by Gasteiger charge is -2.26. The van der Waals surface area contributed by atoms with Crippen LogP contribution in [0, 0.1) is 10.1 Å². The van der Waals surface area contributed by atoms with E-state index in [9.17, 15) is 23.3 Å². The van der Waals surface area contributed by atoms with Crippen LogP contribution in [0.2, 0.25) is 0 Å². The van der Waals surface area contributed by atoms with E-state index < -0.39 is 31.8 Å². The Morgan fingerprint density at radius 1 is 1.38 bits per heavy atom. The lowest BCUT2D eigenvalue weighted by atomic mass is 9.97. The van der Waals surface area contributed by atoms with Crippen molar-refractivity contribution in [3.05, 3.63) is 64.2 Å². The van der Waals surface area contributed by atoms with E-state index in [1.54, 1.807) is 6.92 Å². The number of nitrogens with one attached hydrogen (secondary N) is 1. The molecule has 9 heteroatoms. The summed E-state index contributed by atoms with van der Waals surface area (Å²) in [5.41, 5.74) is 1.52. The molecule has 0 amide bonds. The lowest BCUT2D eigenvalue weighted by molar-refractivity contribution is -0.526. The number of esters is 1. The smallest absolute Gasteiger partial charge is 0.354 e. The number of ether oxygens (including phenoxy) is 1. The fourth-order valence-electron chi connectivity index (χ4n) is 2.62. The van der Waals surface area contributed by atoms with E-state index in [0.29, 0.717) is 5.57 Å². The molecular weight excluding hydrogens is 360 g/mol. The van der Waals surface area contributed by atoms with Crippen molar-refractivity contribution in [1.82, 2.24) is 4.72 Å². The van der Waals surface area contributed by atoms with E-state index in [4.69, 9.17) is 0 Å². The molecule has 0 saturated heterocycles. The first-order valence-corrected chi connectivity index (χ1v) is 9.44. The Kier molecular flexibility index (Phi) is 5.94. The molecule has 0 bridgehead atoms. The summed E-state index contributed by atoms with van der Waals surface area (Å²) in [5.74, 6) is -0.796. The Morgan fingerprint density at radius 2 is 2.04 bits per heavy atom. The molecule has 140 valence electrons. The predicted molar refractivity (Wildman–Crippen MR) is 96.1 cm³/mol. The number of benzene rings is 1. The number of rotatable bonds is 7. The fourth-order valence-corrected chi connectivity index (χ4v) is 4.21. The van der Waals surface area contributed by atoms with Gasteiger partial charge in [-0.15, -0.1) is 0 Å². The second kappa shape index (κ2) is 7.79. The summed E-state index contributed by atoms with van der Waals surface area (Å²) in [6.07, 6.45) is 3.74. The molecule has 2 rings (SSSR count). The largest absolute Gasteiger partial charge is 0.468 e. The van der Waals surface area contributed by atoms with Crippen molar-refractivity contribution in [3.8, 4) is 0 Å². The highest BCUT2D eigenvalue weighted by molar-refractivity contribution is 7.90. The van der Waals surface area contributed by atoms with Gasteiger partial charge in [-0.3, -0.25) is 14.9 Å². The molecule has 0 fully saturated rings. The van der Waals surface area contributed by atoms with Crippen LogP contribution in [0.15, 0.2) is 48.6 Å². The molecule has 1 N–H and O–H groups in total. The molecule has 0 saturated carbocycles. The highest BCUT2D eigenvalue weighted by Crippen LogP contribution is 2.33. The zero-order valence-electron chi connectivity index (χ0n) is 14.4. The molecule has 1 aromatic carbocycles. The maximum Gasteiger partial charge on any atom is 0.354 e. The molecule has 0 radical (unpaired) electrons. The van der Waals surface area contributed by atoms with Crippen molar-refractivity contribution in [2.24, 2.45) is 0 Å². The van der Waals surface area contributed by atoms with Gasteiger partial charge in [0.15, 0.2) is 0 Å². The van der Waals surface area contributed by atoms with E-state index in [-0.39, 0.29) is 12.8 Å². The Morgan fingerprint density at radius 3 is 2.50 bits per heavy atom. The summed E-state index contributed by atoms with van der Waals surface area (Å²) in [6, 6.07) is 7.94. The molecular formula is C17H20N2O6S. The van der Waals surface area contributed by atoms with Gasteiger partial charge in [-0.2, -0.15) is 4.72 Å². The quantitative estimate of drug-likeness (QED) is 0.439. The second-order valence-corrected chi connectivity index (χ2v) is 7.72. The molecule has 2 atom stereocenters. The van der Waals surface area contributed by atoms with Crippen LogP contribution in [0.5, 0.6) is 0 Å². The summed E-state index contributed by atoms with van der Waals surface area (Å²) in [6.45, 7) is 1.58. The normalized spacial score (nSPS) is 20.9. The number of hydrogen-bond donors (Lipinski definition) is 1. The molecule has 1 aromatic rings. The highest BCUT2D eigenvalue weighted by atomic mass is 32.2. The molecule has 0 spiro atoms. The van der Waals surface area contributed by atoms with Crippen LogP contribution in [0.1, 0.15) is 25.3 Å². The third-order valence-corrected chi connectivity index (χ3v) is 6.19. The van der Waals surface area contributed by atoms with E-state index in [1.165, 1.54) is 12.2 Å². The molecule has 26 heavy (non-hydrogen) atoms. The summed E-state index contributed by atoms with van der Waals surface area (Å²) >= 11 is 0. The number of allylic oxidation sites excluding steroid dienone is 2. The van der Waals surface area contributed by atoms with Crippen molar-refractivity contribution in [3.63, 3.8) is 0 Å². The molecule has 0 heterocycles. The number of hydrogen-bond acceptors (Lipinski definition) is 6. The van der Waals surface area contributed by atoms with Crippen LogP contribution in [-0.4, -0.2) is 37.3 Å². The van der Waals surface area contributed by atoms with Crippen LogP contribution in [-0.2, 0) is 19.6 Å². The van der Waals surface area contributed by atoms with Gasteiger partial charge in [0.25, 0.3) is 10.0 Å². The van der Waals surface area contributed by atoms with Gasteiger partial charge in [0.05, 0.1) is 13.5 Å². The van der Waals surface area contributed by atoms with Gasteiger partial charge in [0.2, 0.25) is 0 Å². The van der Waals surface area contributed by atoms with Crippen LogP contribution >= 0.6 is 0 Å². The third-order valence-electron chi connectivity index (χ3n) is 4.21. The standard InChI is InChI=1S/C17H20N2O6S/c1-3-15(16(20)25-2)18-26(23,24)17(19(21)22)11-9-14(10-12-17)13-7-5-4-6-8-13/h4-11,15,18H,3,12H2,1-2H3. The van der Waals surface area contributed by atoms with Gasteiger partial charge in [-0.05, 0) is 17.6 Å². The summed E-state index contributed by atoms with van der Waals surface area (Å²) < 4.78 is 32.1. The molecule has 8 nitrogen and oxygen atoms in total. The summed E-state index contributed by atoms with van der Waals surface area (Å²) in [4.78, 5) is 20.1. The summed E-state index contributed by atoms with van der Waals surface area (Å²) in [7, 11) is -3.37. The SMILES string of the molecule is CCC(NS(=O)(=O)C1([N+](=O)[O-])C=CC(c2ccccc2)=CC1)C(=O)OC. The maximum absolute atomic E-state index is 12.7. The van der Waals surface area contributed by atoms with Gasteiger partial charge in [-0.1, -0.05) is 49.4 Å². The maximum atomic E-state index is 12.7. The van der Waals surface area contributed by atoms with Crippen molar-refractivity contribution in [1.29, 1.82) is 0 Å². The monoisotopic (exact) mass is 380 g/mol. The van der Waals surface area contributed by atoms with E-state index in [1.807, 2.05) is 30.3 Å². The molecule has 0 aromatic heterocycles. The van der Waals surface area contributed by atoms with Gasteiger partial charge >= 0.3 is 10.8 Å². The molecule has 2 unspecified atom stereocenters. The number of nitrogens with zero attached hydrogens (tertiary/aromatic N) is 1. The summed E-state index contributed by atoms with van der Waals surface area (Å²) in [5, 5.41) is 11.7. The topological polar surface area (TPSA) is 116 Å². The van der Waals surface area contributed by atoms with Gasteiger partial charge in [-0.25, -0.2) is 8.42 Å². The number of carbonyl (C=O) groups is 1. The Hall–Kier alpha value is -2.52. The zero-order chi connectivity index (χ0) is 19.4. The van der Waals surface area contributed by atoms with Crippen molar-refractivity contribution in [2.45, 2.75) is 30.7 Å². The molecule has 1 aliphatic rings. The van der Waals surface area contributed by atoms with Crippen molar-refractivity contribution >= 4 is 21.6 Å². The van der Waals surface area contributed by atoms with Gasteiger partial charge in [0, 0.05) is 11.0 Å². The minimum absolute atomic E-state index is 0.106. The lowest BCUT2D eigenvalue weighted by Crippen LogP contribution is -2.55. The zero-order valence-corrected chi connectivity index (χ0v) is 15.2. The number of carbonyl (C=O) groups excluding carboxylic acids is 1. The molecule has 0 aliphatic heterocycles. The second-order valence-electron chi connectivity index (χ2n) is 5.77. The van der Waals surface area contributed by atoms with Gasteiger partial charge in [0.1, 0.15) is 6.04 Å². The molecule has 1 aliphatic carbocycles. The number of methoxy groups -OCH3 is 1.